The van der Waals surface area contributed by atoms with E-state index < -0.39 is 17.8 Å². The van der Waals surface area contributed by atoms with Crippen molar-refractivity contribution in [3.05, 3.63) is 98.7 Å². The van der Waals surface area contributed by atoms with Gasteiger partial charge >= 0.3 is 12.0 Å². The number of hydrogen-bond acceptors (Lipinski definition) is 9. The zero-order chi connectivity index (χ0) is 31.9. The maximum Gasteiger partial charge on any atom is 0.338 e. The van der Waals surface area contributed by atoms with Gasteiger partial charge in [-0.25, -0.2) is 23.9 Å². The van der Waals surface area contributed by atoms with E-state index in [1.807, 2.05) is 46.4 Å². The number of thiazole rings is 1. The molecular weight excluding hydrogens is 631 g/mol. The molecule has 2 saturated heterocycles. The van der Waals surface area contributed by atoms with Gasteiger partial charge in [-0.15, -0.1) is 11.3 Å². The van der Waals surface area contributed by atoms with Crippen molar-refractivity contribution < 1.29 is 18.7 Å². The molecule has 2 aromatic carbocycles. The molecule has 0 aliphatic carbocycles. The molecule has 4 aromatic rings. The number of amidine groups is 1. The van der Waals surface area contributed by atoms with Gasteiger partial charge in [-0.05, 0) is 36.8 Å². The predicted octanol–water partition coefficient (Wildman–Crippen LogP) is 4.78. The molecule has 2 fully saturated rings. The zero-order valence-corrected chi connectivity index (χ0v) is 26.6. The number of amides is 2. The number of esters is 1. The number of fused-ring (bicyclic) bond motifs is 1. The molecule has 2 amide bonds. The van der Waals surface area contributed by atoms with Gasteiger partial charge in [-0.1, -0.05) is 29.8 Å². The fourth-order valence-corrected chi connectivity index (χ4v) is 7.07. The summed E-state index contributed by atoms with van der Waals surface area (Å²) in [5.41, 5.74) is 4.11. The number of halogens is 2. The number of aliphatic imine (C=N–C) groups is 1. The maximum atomic E-state index is 14.0. The summed E-state index contributed by atoms with van der Waals surface area (Å²) in [5.74, 6) is 0.272. The van der Waals surface area contributed by atoms with Gasteiger partial charge in [0, 0.05) is 66.3 Å². The van der Waals surface area contributed by atoms with E-state index in [1.54, 1.807) is 12.4 Å². The van der Waals surface area contributed by atoms with E-state index in [1.165, 1.54) is 36.6 Å². The van der Waals surface area contributed by atoms with Crippen LogP contribution in [0, 0.1) is 12.7 Å². The molecule has 2 atom stereocenters. The van der Waals surface area contributed by atoms with E-state index >= 15 is 0 Å². The third-order valence-corrected chi connectivity index (χ3v) is 9.54. The van der Waals surface area contributed by atoms with E-state index in [4.69, 9.17) is 21.3 Å². The molecular formula is C32H30ClFN8O3S. The van der Waals surface area contributed by atoms with Gasteiger partial charge in [-0.3, -0.25) is 14.8 Å². The first kappa shape index (κ1) is 30.1. The van der Waals surface area contributed by atoms with Gasteiger partial charge in [-0.2, -0.15) is 0 Å². The van der Waals surface area contributed by atoms with Crippen LogP contribution in [0.25, 0.3) is 11.3 Å². The average molecular weight is 661 g/mol. The van der Waals surface area contributed by atoms with E-state index in [0.29, 0.717) is 54.8 Å². The molecule has 46 heavy (non-hydrogen) atoms. The summed E-state index contributed by atoms with van der Waals surface area (Å²) in [6.45, 7) is 4.53. The lowest BCUT2D eigenvalue weighted by Gasteiger charge is -2.38. The minimum Gasteiger partial charge on any atom is -0.466 e. The number of urea groups is 1. The number of aromatic amines is 1. The summed E-state index contributed by atoms with van der Waals surface area (Å²) < 4.78 is 19.2. The number of imidazole rings is 1. The highest BCUT2D eigenvalue weighted by molar-refractivity contribution is 7.11. The number of piperazine rings is 1. The predicted molar refractivity (Wildman–Crippen MR) is 173 cm³/mol. The Morgan fingerprint density at radius 2 is 1.98 bits per heavy atom. The Bertz CT molecular complexity index is 1860. The molecule has 5 heterocycles. The molecule has 7 rings (SSSR count). The third kappa shape index (κ3) is 5.65. The van der Waals surface area contributed by atoms with Crippen LogP contribution in [0.3, 0.4) is 0 Å². The van der Waals surface area contributed by atoms with Crippen LogP contribution in [0.2, 0.25) is 5.02 Å². The number of H-pyrrole nitrogens is 1. The molecule has 2 aromatic heterocycles. The van der Waals surface area contributed by atoms with Crippen molar-refractivity contribution in [1.29, 1.82) is 0 Å². The smallest absolute Gasteiger partial charge is 0.338 e. The van der Waals surface area contributed by atoms with Crippen molar-refractivity contribution in [2.75, 3.05) is 44.7 Å². The molecule has 0 saturated carbocycles. The summed E-state index contributed by atoms with van der Waals surface area (Å²) in [5, 5.41) is 5.97. The van der Waals surface area contributed by atoms with Crippen molar-refractivity contribution in [2.24, 2.45) is 4.99 Å². The molecule has 0 spiro atoms. The normalized spacial score (nSPS) is 20.1. The molecule has 236 valence electrons. The zero-order valence-electron chi connectivity index (χ0n) is 25.0. The minimum atomic E-state index is -0.839. The number of benzene rings is 2. The van der Waals surface area contributed by atoms with Gasteiger partial charge in [0.2, 0.25) is 0 Å². The Morgan fingerprint density at radius 3 is 2.67 bits per heavy atom. The molecule has 2 N–H and O–H groups in total. The monoisotopic (exact) mass is 660 g/mol. The Balaban J connectivity index is 1.14. The van der Waals surface area contributed by atoms with E-state index in [2.05, 4.69) is 25.2 Å². The number of nitrogens with one attached hydrogen (secondary N) is 2. The number of aryl methyl sites for hydroxylation is 1. The summed E-state index contributed by atoms with van der Waals surface area (Å²) in [7, 11) is 1.32. The molecule has 14 heteroatoms. The molecule has 0 unspecified atom stereocenters. The van der Waals surface area contributed by atoms with Crippen LogP contribution in [0.4, 0.5) is 14.9 Å². The SMILES string of the molecule is COC(=O)C1=C(CN2CCN3C(=O)N(c4ccc(-c5cnc(C)[nH]5)cc4)C[C@@H]3C2)NC(c2nccs2)=N[C@H]1c1ccc(F)cc1Cl. The number of anilines is 1. The number of methoxy groups -OCH3 is 1. The van der Waals surface area contributed by atoms with Gasteiger partial charge < -0.3 is 19.9 Å². The quantitative estimate of drug-likeness (QED) is 0.274. The highest BCUT2D eigenvalue weighted by atomic mass is 35.5. The topological polar surface area (TPSA) is 119 Å². The van der Waals surface area contributed by atoms with E-state index in [0.717, 1.165) is 22.8 Å². The number of carbonyl (C=O) groups is 2. The second-order valence-electron chi connectivity index (χ2n) is 11.3. The average Bonchev–Trinajstić information content (AvgIpc) is 3.82. The number of hydrogen-bond donors (Lipinski definition) is 2. The Morgan fingerprint density at radius 1 is 1.15 bits per heavy atom. The summed E-state index contributed by atoms with van der Waals surface area (Å²) in [4.78, 5) is 49.5. The van der Waals surface area contributed by atoms with Crippen molar-refractivity contribution in [3.8, 4) is 11.3 Å². The highest BCUT2D eigenvalue weighted by Crippen LogP contribution is 2.37. The standard InChI is InChI=1S/C32H30ClFN8O3S/c1-18-36-14-25(37-18)19-3-6-21(7-4-19)42-16-22-15-40(10-11-41(22)32(42)44)17-26-27(31(43)45-2)28(23-8-5-20(34)13-24(23)33)39-29(38-26)30-35-9-12-46-30/h3-9,12-14,22,28H,10-11,15-17H2,1-2H3,(H,36,37)(H,38,39)/t22-,28-/m0/s1. The Labute approximate surface area is 273 Å². The summed E-state index contributed by atoms with van der Waals surface area (Å²) in [6, 6.07) is 11.0. The van der Waals surface area contributed by atoms with E-state index in [-0.39, 0.29) is 22.7 Å². The summed E-state index contributed by atoms with van der Waals surface area (Å²) >= 11 is 7.90. The fourth-order valence-electron chi connectivity index (χ4n) is 6.21. The van der Waals surface area contributed by atoms with Crippen molar-refractivity contribution >= 4 is 46.5 Å². The van der Waals surface area contributed by atoms with Crippen LogP contribution in [-0.2, 0) is 9.53 Å². The number of rotatable bonds is 7. The van der Waals surface area contributed by atoms with E-state index in [9.17, 15) is 14.0 Å². The van der Waals surface area contributed by atoms with Crippen molar-refractivity contribution in [2.45, 2.75) is 19.0 Å². The number of ether oxygens (including phenoxy) is 1. The van der Waals surface area contributed by atoms with Gasteiger partial charge in [0.1, 0.15) is 17.7 Å². The highest BCUT2D eigenvalue weighted by Gasteiger charge is 2.42. The van der Waals surface area contributed by atoms with Crippen LogP contribution in [0.5, 0.6) is 0 Å². The second kappa shape index (κ2) is 12.3. The van der Waals surface area contributed by atoms with Crippen LogP contribution in [-0.4, -0.2) is 88.5 Å². The number of carbonyl (C=O) groups excluding carboxylic acids is 2. The lowest BCUT2D eigenvalue weighted by atomic mass is 9.95. The molecule has 11 nitrogen and oxygen atoms in total. The van der Waals surface area contributed by atoms with Crippen LogP contribution < -0.4 is 10.2 Å². The van der Waals surface area contributed by atoms with Crippen LogP contribution in [0.15, 0.2) is 76.5 Å². The first-order chi connectivity index (χ1) is 22.3. The minimum absolute atomic E-state index is 0.0238. The van der Waals surface area contributed by atoms with Crippen molar-refractivity contribution in [3.63, 3.8) is 0 Å². The third-order valence-electron chi connectivity index (χ3n) is 8.43. The molecule has 3 aliphatic rings. The lowest BCUT2D eigenvalue weighted by molar-refractivity contribution is -0.136. The Hall–Kier alpha value is -4.59. The first-order valence-corrected chi connectivity index (χ1v) is 16.0. The number of aromatic nitrogens is 3. The molecule has 0 bridgehead atoms. The lowest BCUT2D eigenvalue weighted by Crippen LogP contribution is -2.53. The maximum absolute atomic E-state index is 14.0. The van der Waals surface area contributed by atoms with Crippen LogP contribution in [0.1, 0.15) is 22.4 Å². The Kier molecular flexibility index (Phi) is 8.05. The summed E-state index contributed by atoms with van der Waals surface area (Å²) in [6.07, 6.45) is 3.47. The van der Waals surface area contributed by atoms with Gasteiger partial charge in [0.15, 0.2) is 10.8 Å². The van der Waals surface area contributed by atoms with Crippen LogP contribution >= 0.6 is 22.9 Å². The number of nitrogens with zero attached hydrogens (tertiary/aromatic N) is 6. The van der Waals surface area contributed by atoms with Gasteiger partial charge in [0.05, 0.1) is 30.6 Å². The first-order valence-electron chi connectivity index (χ1n) is 14.7. The van der Waals surface area contributed by atoms with Gasteiger partial charge in [0.25, 0.3) is 0 Å². The molecule has 3 aliphatic heterocycles. The second-order valence-corrected chi connectivity index (χ2v) is 12.6. The fraction of sp³-hybridized carbons (Fsp3) is 0.281. The largest absolute Gasteiger partial charge is 0.466 e. The van der Waals surface area contributed by atoms with Crippen molar-refractivity contribution in [1.82, 2.24) is 30.1 Å². The molecule has 0 radical (unpaired) electrons.